The molecule has 26 heavy (non-hydrogen) atoms. The molecule has 7 nitrogen and oxygen atoms in total. The summed E-state index contributed by atoms with van der Waals surface area (Å²) in [6.07, 6.45) is 1.55. The van der Waals surface area contributed by atoms with Gasteiger partial charge in [-0.3, -0.25) is 9.59 Å². The summed E-state index contributed by atoms with van der Waals surface area (Å²) in [5, 5.41) is 0. The number of nitrogens with one attached hydrogen (secondary N) is 1. The second kappa shape index (κ2) is 8.18. The zero-order valence-corrected chi connectivity index (χ0v) is 16.6. The highest BCUT2D eigenvalue weighted by Gasteiger charge is 2.23. The first-order valence-electron chi connectivity index (χ1n) is 8.81. The summed E-state index contributed by atoms with van der Waals surface area (Å²) < 4.78 is 27.7. The van der Waals surface area contributed by atoms with Crippen LogP contribution in [0.3, 0.4) is 0 Å². The maximum Gasteiger partial charge on any atom is 0.240 e. The molecular formula is C18H27N3O4S. The van der Waals surface area contributed by atoms with Gasteiger partial charge >= 0.3 is 0 Å². The quantitative estimate of drug-likeness (QED) is 0.809. The van der Waals surface area contributed by atoms with E-state index in [0.717, 1.165) is 24.1 Å². The molecule has 0 atom stereocenters. The molecule has 0 radical (unpaired) electrons. The van der Waals surface area contributed by atoms with Crippen LogP contribution in [0.15, 0.2) is 23.1 Å². The second-order valence-electron chi connectivity index (χ2n) is 6.77. The normalized spacial score (nSPS) is 14.3. The van der Waals surface area contributed by atoms with Gasteiger partial charge in [0.05, 0.1) is 4.90 Å². The fourth-order valence-electron chi connectivity index (χ4n) is 3.23. The third-order valence-electron chi connectivity index (χ3n) is 4.53. The second-order valence-corrected chi connectivity index (χ2v) is 8.54. The Kier molecular flexibility index (Phi) is 6.41. The first kappa shape index (κ1) is 20.4. The molecule has 0 unspecified atom stereocenters. The molecule has 1 aliphatic heterocycles. The van der Waals surface area contributed by atoms with Crippen molar-refractivity contribution in [1.29, 1.82) is 0 Å². The number of benzene rings is 1. The van der Waals surface area contributed by atoms with Gasteiger partial charge in [-0.1, -0.05) is 0 Å². The predicted molar refractivity (Wildman–Crippen MR) is 101 cm³/mol. The molecule has 1 heterocycles. The molecule has 0 saturated heterocycles. The minimum atomic E-state index is -3.67. The molecular weight excluding hydrogens is 354 g/mol. The average Bonchev–Trinajstić information content (AvgIpc) is 2.56. The third-order valence-corrected chi connectivity index (χ3v) is 5.99. The lowest BCUT2D eigenvalue weighted by Crippen LogP contribution is -2.41. The van der Waals surface area contributed by atoms with Gasteiger partial charge in [0, 0.05) is 45.2 Å². The summed E-state index contributed by atoms with van der Waals surface area (Å²) in [7, 11) is -3.67. The van der Waals surface area contributed by atoms with Crippen LogP contribution in [-0.4, -0.2) is 50.8 Å². The Bertz CT molecular complexity index is 790. The Morgan fingerprint density at radius 3 is 2.54 bits per heavy atom. The van der Waals surface area contributed by atoms with E-state index in [9.17, 15) is 18.0 Å². The van der Waals surface area contributed by atoms with Crippen molar-refractivity contribution in [2.24, 2.45) is 0 Å². The lowest BCUT2D eigenvalue weighted by molar-refractivity contribution is -0.130. The number of sulfonamides is 1. The van der Waals surface area contributed by atoms with Gasteiger partial charge in [0.2, 0.25) is 21.8 Å². The number of fused-ring (bicyclic) bond motifs is 1. The summed E-state index contributed by atoms with van der Waals surface area (Å²) in [6, 6.07) is 4.87. The monoisotopic (exact) mass is 381 g/mol. The highest BCUT2D eigenvalue weighted by molar-refractivity contribution is 7.89. The van der Waals surface area contributed by atoms with Gasteiger partial charge in [0.15, 0.2) is 0 Å². The van der Waals surface area contributed by atoms with Crippen LogP contribution in [0.2, 0.25) is 0 Å². The Balaban J connectivity index is 2.12. The Morgan fingerprint density at radius 2 is 1.96 bits per heavy atom. The van der Waals surface area contributed by atoms with Crippen LogP contribution in [-0.2, 0) is 26.0 Å². The van der Waals surface area contributed by atoms with Crippen LogP contribution in [0, 0.1) is 0 Å². The predicted octanol–water partition coefficient (Wildman–Crippen LogP) is 1.52. The molecule has 0 bridgehead atoms. The van der Waals surface area contributed by atoms with Crippen molar-refractivity contribution in [3.8, 4) is 0 Å². The van der Waals surface area contributed by atoms with Crippen LogP contribution in [0.5, 0.6) is 0 Å². The van der Waals surface area contributed by atoms with Gasteiger partial charge < -0.3 is 9.80 Å². The molecule has 0 fully saturated rings. The van der Waals surface area contributed by atoms with Crippen LogP contribution in [0.1, 0.15) is 39.7 Å². The minimum Gasteiger partial charge on any atom is -0.339 e. The SMILES string of the molecule is CC(=O)N1CCCc2cc(S(=O)(=O)NCCN(C(C)=O)C(C)C)ccc21. The Hall–Kier alpha value is -1.93. The molecule has 0 saturated carbocycles. The third kappa shape index (κ3) is 4.62. The summed E-state index contributed by atoms with van der Waals surface area (Å²) in [5.41, 5.74) is 1.65. The fraction of sp³-hybridized carbons (Fsp3) is 0.556. The lowest BCUT2D eigenvalue weighted by atomic mass is 10.0. The van der Waals surface area contributed by atoms with E-state index in [-0.39, 0.29) is 29.3 Å². The lowest BCUT2D eigenvalue weighted by Gasteiger charge is -2.29. The molecule has 1 aromatic carbocycles. The summed E-state index contributed by atoms with van der Waals surface area (Å²) in [5.74, 6) is -0.130. The van der Waals surface area contributed by atoms with E-state index in [4.69, 9.17) is 0 Å². The van der Waals surface area contributed by atoms with E-state index in [2.05, 4.69) is 4.72 Å². The molecule has 1 N–H and O–H groups in total. The molecule has 2 rings (SSSR count). The first-order valence-corrected chi connectivity index (χ1v) is 10.3. The number of anilines is 1. The number of aryl methyl sites for hydroxylation is 1. The number of nitrogens with zero attached hydrogens (tertiary/aromatic N) is 2. The van der Waals surface area contributed by atoms with Crippen LogP contribution in [0.4, 0.5) is 5.69 Å². The molecule has 1 aromatic rings. The number of carbonyl (C=O) groups excluding carboxylic acids is 2. The summed E-state index contributed by atoms with van der Waals surface area (Å²) >= 11 is 0. The van der Waals surface area contributed by atoms with E-state index in [0.29, 0.717) is 13.1 Å². The zero-order valence-electron chi connectivity index (χ0n) is 15.8. The average molecular weight is 381 g/mol. The zero-order chi connectivity index (χ0) is 19.5. The molecule has 0 spiro atoms. The van der Waals surface area contributed by atoms with E-state index in [1.807, 2.05) is 13.8 Å². The van der Waals surface area contributed by atoms with Gasteiger partial charge in [0.1, 0.15) is 0 Å². The summed E-state index contributed by atoms with van der Waals surface area (Å²) in [4.78, 5) is 26.8. The van der Waals surface area contributed by atoms with E-state index >= 15 is 0 Å². The molecule has 0 aromatic heterocycles. The van der Waals surface area contributed by atoms with Crippen LogP contribution >= 0.6 is 0 Å². The summed E-state index contributed by atoms with van der Waals surface area (Å²) in [6.45, 7) is 7.88. The largest absolute Gasteiger partial charge is 0.339 e. The smallest absolute Gasteiger partial charge is 0.240 e. The first-order chi connectivity index (χ1) is 12.1. The highest BCUT2D eigenvalue weighted by Crippen LogP contribution is 2.29. The number of amides is 2. The van der Waals surface area contributed by atoms with Crippen molar-refractivity contribution in [2.75, 3.05) is 24.5 Å². The number of rotatable bonds is 6. The van der Waals surface area contributed by atoms with E-state index in [1.54, 1.807) is 21.9 Å². The standard InChI is InChI=1S/C18H27N3O4S/c1-13(2)20(14(3)22)11-9-19-26(24,25)17-7-8-18-16(12-17)6-5-10-21(18)15(4)23/h7-8,12-13,19H,5-6,9-11H2,1-4H3. The Labute approximate surface area is 155 Å². The molecule has 1 aliphatic rings. The van der Waals surface area contributed by atoms with Gasteiger partial charge in [0.25, 0.3) is 0 Å². The maximum absolute atomic E-state index is 12.6. The number of hydrogen-bond donors (Lipinski definition) is 1. The van der Waals surface area contributed by atoms with Crippen molar-refractivity contribution in [1.82, 2.24) is 9.62 Å². The molecule has 0 aliphatic carbocycles. The van der Waals surface area contributed by atoms with Crippen molar-refractivity contribution in [2.45, 2.75) is 51.5 Å². The van der Waals surface area contributed by atoms with Gasteiger partial charge in [-0.2, -0.15) is 0 Å². The van der Waals surface area contributed by atoms with Gasteiger partial charge in [-0.25, -0.2) is 13.1 Å². The minimum absolute atomic E-state index is 0.0123. The van der Waals surface area contributed by atoms with Gasteiger partial charge in [-0.05, 0) is 50.5 Å². The molecule has 144 valence electrons. The maximum atomic E-state index is 12.6. The van der Waals surface area contributed by atoms with Crippen molar-refractivity contribution >= 4 is 27.5 Å². The number of hydrogen-bond acceptors (Lipinski definition) is 4. The topological polar surface area (TPSA) is 86.8 Å². The fourth-order valence-corrected chi connectivity index (χ4v) is 4.30. The van der Waals surface area contributed by atoms with Gasteiger partial charge in [-0.15, -0.1) is 0 Å². The van der Waals surface area contributed by atoms with Crippen molar-refractivity contribution in [3.05, 3.63) is 23.8 Å². The number of carbonyl (C=O) groups is 2. The van der Waals surface area contributed by atoms with Crippen molar-refractivity contribution < 1.29 is 18.0 Å². The Morgan fingerprint density at radius 1 is 1.27 bits per heavy atom. The van der Waals surface area contributed by atoms with Crippen molar-refractivity contribution in [3.63, 3.8) is 0 Å². The highest BCUT2D eigenvalue weighted by atomic mass is 32.2. The molecule has 8 heteroatoms. The van der Waals surface area contributed by atoms with E-state index in [1.165, 1.54) is 19.9 Å². The van der Waals surface area contributed by atoms with Crippen LogP contribution in [0.25, 0.3) is 0 Å². The van der Waals surface area contributed by atoms with E-state index < -0.39 is 10.0 Å². The molecule has 2 amide bonds. The van der Waals surface area contributed by atoms with Crippen LogP contribution < -0.4 is 9.62 Å².